The van der Waals surface area contributed by atoms with Crippen LogP contribution in [0, 0.1) is 6.92 Å². The molecular formula is C11H13N3OS. The first-order chi connectivity index (χ1) is 7.75. The van der Waals surface area contributed by atoms with E-state index in [1.165, 1.54) is 11.3 Å². The van der Waals surface area contributed by atoms with Gasteiger partial charge in [-0.15, -0.1) is 21.5 Å². The second-order valence-corrected chi connectivity index (χ2v) is 4.86. The Morgan fingerprint density at radius 1 is 1.56 bits per heavy atom. The van der Waals surface area contributed by atoms with Crippen molar-refractivity contribution in [3.05, 3.63) is 34.4 Å². The number of rotatable bonds is 4. The molecule has 0 bridgehead atoms. The molecule has 0 saturated heterocycles. The fourth-order valence-electron chi connectivity index (χ4n) is 1.34. The van der Waals surface area contributed by atoms with Crippen LogP contribution in [0.25, 0.3) is 6.08 Å². The summed E-state index contributed by atoms with van der Waals surface area (Å²) in [6.45, 7) is 4.07. The second kappa shape index (κ2) is 5.03. The highest BCUT2D eigenvalue weighted by molar-refractivity contribution is 7.12. The zero-order chi connectivity index (χ0) is 11.4. The Hall–Kier alpha value is -1.49. The minimum absolute atomic E-state index is 0.257. The van der Waals surface area contributed by atoms with E-state index in [2.05, 4.69) is 34.3 Å². The van der Waals surface area contributed by atoms with Crippen molar-refractivity contribution < 1.29 is 4.42 Å². The Bertz CT molecular complexity index is 461. The fraction of sp³-hybridized carbons (Fsp3) is 0.364. The van der Waals surface area contributed by atoms with Crippen molar-refractivity contribution in [1.82, 2.24) is 15.2 Å². The highest BCUT2D eigenvalue weighted by atomic mass is 32.1. The largest absolute Gasteiger partial charge is 0.428 e. The lowest BCUT2D eigenvalue weighted by Crippen LogP contribution is -1.91. The SMILES string of the molecule is Cc1ncc(/C=C/CC(C)c2nnco2)s1. The normalized spacial score (nSPS) is 13.4. The molecule has 0 saturated carbocycles. The van der Waals surface area contributed by atoms with Gasteiger partial charge < -0.3 is 4.42 Å². The second-order valence-electron chi connectivity index (χ2n) is 3.60. The summed E-state index contributed by atoms with van der Waals surface area (Å²) in [6, 6.07) is 0. The third kappa shape index (κ3) is 2.76. The van der Waals surface area contributed by atoms with Gasteiger partial charge in [0.25, 0.3) is 0 Å². The summed E-state index contributed by atoms with van der Waals surface area (Å²) in [4.78, 5) is 5.37. The Morgan fingerprint density at radius 3 is 3.06 bits per heavy atom. The molecule has 2 heterocycles. The third-order valence-corrected chi connectivity index (χ3v) is 3.09. The number of allylic oxidation sites excluding steroid dienone is 1. The van der Waals surface area contributed by atoms with Crippen LogP contribution in [0.15, 0.2) is 23.1 Å². The van der Waals surface area contributed by atoms with Crippen molar-refractivity contribution in [3.63, 3.8) is 0 Å². The van der Waals surface area contributed by atoms with E-state index in [9.17, 15) is 0 Å². The van der Waals surface area contributed by atoms with E-state index in [-0.39, 0.29) is 5.92 Å². The van der Waals surface area contributed by atoms with Gasteiger partial charge in [-0.1, -0.05) is 13.0 Å². The molecule has 2 rings (SSSR count). The van der Waals surface area contributed by atoms with Gasteiger partial charge in [0.1, 0.15) is 0 Å². The van der Waals surface area contributed by atoms with E-state index in [1.807, 2.05) is 13.1 Å². The number of hydrogen-bond acceptors (Lipinski definition) is 5. The van der Waals surface area contributed by atoms with Crippen LogP contribution in [0.2, 0.25) is 0 Å². The van der Waals surface area contributed by atoms with E-state index in [0.29, 0.717) is 5.89 Å². The molecule has 0 amide bonds. The van der Waals surface area contributed by atoms with Crippen molar-refractivity contribution in [2.75, 3.05) is 0 Å². The molecule has 5 heteroatoms. The zero-order valence-electron chi connectivity index (χ0n) is 9.25. The highest BCUT2D eigenvalue weighted by Gasteiger charge is 2.08. The number of aromatic nitrogens is 3. The first kappa shape index (κ1) is 11.0. The summed E-state index contributed by atoms with van der Waals surface area (Å²) < 4.78 is 5.14. The van der Waals surface area contributed by atoms with Crippen LogP contribution >= 0.6 is 11.3 Å². The van der Waals surface area contributed by atoms with Gasteiger partial charge in [0.15, 0.2) is 0 Å². The monoisotopic (exact) mass is 235 g/mol. The topological polar surface area (TPSA) is 51.8 Å². The first-order valence-electron chi connectivity index (χ1n) is 5.10. The van der Waals surface area contributed by atoms with Gasteiger partial charge in [0, 0.05) is 17.0 Å². The molecule has 2 aromatic rings. The van der Waals surface area contributed by atoms with Gasteiger partial charge in [-0.3, -0.25) is 0 Å². The van der Waals surface area contributed by atoms with E-state index in [0.717, 1.165) is 11.4 Å². The van der Waals surface area contributed by atoms with Crippen LogP contribution in [-0.2, 0) is 0 Å². The number of aryl methyl sites for hydroxylation is 1. The molecule has 0 fully saturated rings. The van der Waals surface area contributed by atoms with Crippen molar-refractivity contribution in [3.8, 4) is 0 Å². The van der Waals surface area contributed by atoms with Crippen LogP contribution in [0.1, 0.15) is 35.0 Å². The third-order valence-electron chi connectivity index (χ3n) is 2.21. The van der Waals surface area contributed by atoms with Gasteiger partial charge in [-0.05, 0) is 19.4 Å². The van der Waals surface area contributed by atoms with Gasteiger partial charge >= 0.3 is 0 Å². The summed E-state index contributed by atoms with van der Waals surface area (Å²) >= 11 is 1.69. The maximum Gasteiger partial charge on any atom is 0.219 e. The molecule has 4 nitrogen and oxygen atoms in total. The zero-order valence-corrected chi connectivity index (χ0v) is 10.1. The number of hydrogen-bond donors (Lipinski definition) is 0. The first-order valence-corrected chi connectivity index (χ1v) is 5.92. The van der Waals surface area contributed by atoms with Gasteiger partial charge in [0.2, 0.25) is 12.3 Å². The van der Waals surface area contributed by atoms with E-state index < -0.39 is 0 Å². The highest BCUT2D eigenvalue weighted by Crippen LogP contribution is 2.18. The molecule has 0 N–H and O–H groups in total. The van der Waals surface area contributed by atoms with Crippen LogP contribution in [0.4, 0.5) is 0 Å². The molecule has 1 unspecified atom stereocenters. The van der Waals surface area contributed by atoms with Gasteiger partial charge in [-0.25, -0.2) is 4.98 Å². The van der Waals surface area contributed by atoms with Crippen LogP contribution < -0.4 is 0 Å². The summed E-state index contributed by atoms with van der Waals surface area (Å²) in [7, 11) is 0. The maximum atomic E-state index is 5.14. The molecule has 0 aliphatic rings. The summed E-state index contributed by atoms with van der Waals surface area (Å²) in [6.07, 6.45) is 8.33. The summed E-state index contributed by atoms with van der Waals surface area (Å²) in [5.74, 6) is 0.943. The average molecular weight is 235 g/mol. The lowest BCUT2D eigenvalue weighted by molar-refractivity contribution is 0.459. The summed E-state index contributed by atoms with van der Waals surface area (Å²) in [5.41, 5.74) is 0. The minimum Gasteiger partial charge on any atom is -0.428 e. The number of thiazole rings is 1. The predicted molar refractivity (Wildman–Crippen MR) is 63.2 cm³/mol. The summed E-state index contributed by atoms with van der Waals surface area (Å²) in [5, 5.41) is 8.64. The molecule has 0 aliphatic carbocycles. The molecule has 0 aromatic carbocycles. The van der Waals surface area contributed by atoms with E-state index in [4.69, 9.17) is 4.42 Å². The fourth-order valence-corrected chi connectivity index (χ4v) is 2.06. The molecular weight excluding hydrogens is 222 g/mol. The molecule has 16 heavy (non-hydrogen) atoms. The van der Waals surface area contributed by atoms with Crippen LogP contribution in [0.5, 0.6) is 0 Å². The molecule has 0 spiro atoms. The van der Waals surface area contributed by atoms with Crippen molar-refractivity contribution in [1.29, 1.82) is 0 Å². The smallest absolute Gasteiger partial charge is 0.219 e. The molecule has 2 aromatic heterocycles. The average Bonchev–Trinajstić information content (AvgIpc) is 2.89. The van der Waals surface area contributed by atoms with Crippen molar-refractivity contribution in [2.45, 2.75) is 26.2 Å². The minimum atomic E-state index is 0.257. The quantitative estimate of drug-likeness (QED) is 0.817. The lowest BCUT2D eigenvalue weighted by atomic mass is 10.1. The Balaban J connectivity index is 1.90. The lowest BCUT2D eigenvalue weighted by Gasteiger charge is -2.00. The molecule has 84 valence electrons. The van der Waals surface area contributed by atoms with Crippen LogP contribution in [0.3, 0.4) is 0 Å². The molecule has 1 atom stereocenters. The Labute approximate surface area is 98.1 Å². The standard InChI is InChI=1S/C11H13N3OS/c1-8(11-14-13-7-15-11)4-3-5-10-6-12-9(2)16-10/h3,5-8H,4H2,1-2H3/b5-3+. The predicted octanol–water partition coefficient (Wildman–Crippen LogP) is 3.04. The molecule has 0 aliphatic heterocycles. The van der Waals surface area contributed by atoms with Crippen molar-refractivity contribution >= 4 is 17.4 Å². The Morgan fingerprint density at radius 2 is 2.44 bits per heavy atom. The maximum absolute atomic E-state index is 5.14. The molecule has 0 radical (unpaired) electrons. The van der Waals surface area contributed by atoms with Gasteiger partial charge in [-0.2, -0.15) is 0 Å². The van der Waals surface area contributed by atoms with Crippen LogP contribution in [-0.4, -0.2) is 15.2 Å². The number of nitrogens with zero attached hydrogens (tertiary/aromatic N) is 3. The van der Waals surface area contributed by atoms with Gasteiger partial charge in [0.05, 0.1) is 5.01 Å². The Kier molecular flexibility index (Phi) is 3.46. The van der Waals surface area contributed by atoms with Crippen molar-refractivity contribution in [2.24, 2.45) is 0 Å². The van der Waals surface area contributed by atoms with E-state index >= 15 is 0 Å². The van der Waals surface area contributed by atoms with E-state index in [1.54, 1.807) is 11.3 Å².